The summed E-state index contributed by atoms with van der Waals surface area (Å²) in [4.78, 5) is 20.1. The second-order valence-electron chi connectivity index (χ2n) is 8.51. The number of fused-ring (bicyclic) bond motifs is 1. The number of hydrogen-bond donors (Lipinski definition) is 3. The Balaban J connectivity index is 1.52. The maximum Gasteiger partial charge on any atom is 0.192 e. The molecule has 0 radical (unpaired) electrons. The van der Waals surface area contributed by atoms with E-state index in [0.29, 0.717) is 29.4 Å². The van der Waals surface area contributed by atoms with Crippen LogP contribution in [0.4, 0.5) is 5.69 Å². The highest BCUT2D eigenvalue weighted by atomic mass is 16.5. The lowest BCUT2D eigenvalue weighted by atomic mass is 9.52. The molecule has 4 aliphatic rings. The van der Waals surface area contributed by atoms with Crippen LogP contribution in [0, 0.1) is 17.8 Å². The van der Waals surface area contributed by atoms with Crippen molar-refractivity contribution in [2.24, 2.45) is 17.8 Å². The van der Waals surface area contributed by atoms with Gasteiger partial charge in [0.2, 0.25) is 0 Å². The first kappa shape index (κ1) is 16.3. The Hall–Kier alpha value is -1.92. The fraction of sp³-hybridized carbons (Fsp3) is 0.600. The van der Waals surface area contributed by atoms with Gasteiger partial charge in [-0.3, -0.25) is 4.79 Å². The first-order chi connectivity index (χ1) is 12.6. The Kier molecular flexibility index (Phi) is 3.62. The lowest BCUT2D eigenvalue weighted by Gasteiger charge is -2.58. The molecule has 4 fully saturated rings. The molecule has 5 atom stereocenters. The minimum atomic E-state index is -0.453. The number of nitrogens with one attached hydrogen (secondary N) is 2. The molecule has 2 aromatic rings. The number of H-pyrrole nitrogens is 1. The predicted molar refractivity (Wildman–Crippen MR) is 98.2 cm³/mol. The Morgan fingerprint density at radius 1 is 1.38 bits per heavy atom. The number of methoxy groups -OCH3 is 1. The molecule has 4 aliphatic carbocycles. The first-order valence-electron chi connectivity index (χ1n) is 9.53. The second-order valence-corrected chi connectivity index (χ2v) is 8.51. The Labute approximate surface area is 152 Å². The maximum atomic E-state index is 12.6. The molecular weight excluding hydrogens is 330 g/mol. The molecule has 6 rings (SSSR count). The largest absolute Gasteiger partial charge is 0.390 e. The number of ketones is 1. The van der Waals surface area contributed by atoms with E-state index in [4.69, 9.17) is 4.74 Å². The number of ether oxygens (including phenoxy) is 1. The summed E-state index contributed by atoms with van der Waals surface area (Å²) in [5.41, 5.74) is 1.78. The average Bonchev–Trinajstić information content (AvgIpc) is 3.05. The van der Waals surface area contributed by atoms with E-state index in [0.717, 1.165) is 36.0 Å². The minimum Gasteiger partial charge on any atom is -0.390 e. The van der Waals surface area contributed by atoms with Gasteiger partial charge in [0.15, 0.2) is 5.78 Å². The molecule has 2 aromatic heterocycles. The van der Waals surface area contributed by atoms with Gasteiger partial charge in [-0.25, -0.2) is 4.98 Å². The molecule has 6 heteroatoms. The number of anilines is 1. The zero-order valence-electron chi connectivity index (χ0n) is 15.0. The van der Waals surface area contributed by atoms with Crippen LogP contribution in [0.1, 0.15) is 42.5 Å². The van der Waals surface area contributed by atoms with E-state index in [1.165, 1.54) is 20.0 Å². The molecule has 0 saturated heterocycles. The summed E-state index contributed by atoms with van der Waals surface area (Å²) >= 11 is 0. The summed E-state index contributed by atoms with van der Waals surface area (Å²) in [6, 6.07) is 2.28. The van der Waals surface area contributed by atoms with E-state index in [2.05, 4.69) is 15.3 Å². The summed E-state index contributed by atoms with van der Waals surface area (Å²) in [5, 5.41) is 15.5. The van der Waals surface area contributed by atoms with E-state index in [-0.39, 0.29) is 12.4 Å². The monoisotopic (exact) mass is 355 g/mol. The number of aromatic nitrogens is 2. The molecule has 0 aliphatic heterocycles. The number of carbonyl (C=O) groups is 1. The van der Waals surface area contributed by atoms with E-state index >= 15 is 0 Å². The standard InChI is InChI=1S/C20H25N3O3/c1-26-10-16(24)15-9-22-19-14(2-3-21-19)18(15)23-17-12-4-11-5-13(17)8-20(25,6-11)7-12/h2-3,9,11-13,17,25H,4-8,10H2,1H3,(H2,21,22,23)/t11?,12-,13+,17?,20?. The van der Waals surface area contributed by atoms with Crippen LogP contribution in [-0.2, 0) is 4.74 Å². The number of hydrogen-bond acceptors (Lipinski definition) is 5. The number of rotatable bonds is 5. The molecule has 3 N–H and O–H groups in total. The predicted octanol–water partition coefficient (Wildman–Crippen LogP) is 2.74. The maximum absolute atomic E-state index is 12.6. The van der Waals surface area contributed by atoms with Gasteiger partial charge in [-0.15, -0.1) is 0 Å². The van der Waals surface area contributed by atoms with E-state index in [9.17, 15) is 9.90 Å². The van der Waals surface area contributed by atoms with Crippen molar-refractivity contribution in [1.29, 1.82) is 0 Å². The highest BCUT2D eigenvalue weighted by Crippen LogP contribution is 2.56. The summed E-state index contributed by atoms with van der Waals surface area (Å²) < 4.78 is 5.06. The second kappa shape index (κ2) is 5.79. The van der Waals surface area contributed by atoms with Crippen molar-refractivity contribution in [3.05, 3.63) is 24.0 Å². The summed E-state index contributed by atoms with van der Waals surface area (Å²) in [6.45, 7) is 0.0473. The van der Waals surface area contributed by atoms with Gasteiger partial charge >= 0.3 is 0 Å². The van der Waals surface area contributed by atoms with Crippen LogP contribution >= 0.6 is 0 Å². The Morgan fingerprint density at radius 2 is 2.15 bits per heavy atom. The van der Waals surface area contributed by atoms with Crippen molar-refractivity contribution < 1.29 is 14.6 Å². The molecule has 2 heterocycles. The third-order valence-corrected chi connectivity index (χ3v) is 6.71. The molecule has 4 bridgehead atoms. The van der Waals surface area contributed by atoms with Crippen LogP contribution < -0.4 is 5.32 Å². The van der Waals surface area contributed by atoms with Crippen molar-refractivity contribution in [3.8, 4) is 0 Å². The number of nitrogens with zero attached hydrogens (tertiary/aromatic N) is 1. The number of Topliss-reactive ketones (excluding diaryl/α,β-unsaturated/α-hetero) is 1. The van der Waals surface area contributed by atoms with Gasteiger partial charge in [0.1, 0.15) is 12.3 Å². The lowest BCUT2D eigenvalue weighted by molar-refractivity contribution is -0.129. The average molecular weight is 355 g/mol. The van der Waals surface area contributed by atoms with Crippen LogP contribution in [0.3, 0.4) is 0 Å². The fourth-order valence-electron chi connectivity index (χ4n) is 5.97. The van der Waals surface area contributed by atoms with Gasteiger partial charge in [0.05, 0.1) is 16.9 Å². The van der Waals surface area contributed by atoms with E-state index in [1.54, 1.807) is 6.20 Å². The molecule has 6 nitrogen and oxygen atoms in total. The molecular formula is C20H25N3O3. The van der Waals surface area contributed by atoms with Gasteiger partial charge in [-0.05, 0) is 55.9 Å². The first-order valence-corrected chi connectivity index (χ1v) is 9.53. The molecule has 138 valence electrons. The summed E-state index contributed by atoms with van der Waals surface area (Å²) in [6.07, 6.45) is 8.58. The number of carbonyl (C=O) groups excluding carboxylic acids is 1. The van der Waals surface area contributed by atoms with Crippen LogP contribution in [0.15, 0.2) is 18.5 Å². The Morgan fingerprint density at radius 3 is 2.85 bits per heavy atom. The number of aliphatic hydroxyl groups is 1. The van der Waals surface area contributed by atoms with Crippen molar-refractivity contribution in [2.75, 3.05) is 19.0 Å². The zero-order valence-corrected chi connectivity index (χ0v) is 15.0. The van der Waals surface area contributed by atoms with Crippen LogP contribution in [-0.4, -0.2) is 46.2 Å². The van der Waals surface area contributed by atoms with Crippen molar-refractivity contribution in [3.63, 3.8) is 0 Å². The van der Waals surface area contributed by atoms with Gasteiger partial charge < -0.3 is 20.1 Å². The molecule has 4 saturated carbocycles. The topological polar surface area (TPSA) is 87.2 Å². The third kappa shape index (κ3) is 2.47. The highest BCUT2D eigenvalue weighted by molar-refractivity contribution is 6.08. The summed E-state index contributed by atoms with van der Waals surface area (Å²) in [5.74, 6) is 1.54. The van der Waals surface area contributed by atoms with Crippen LogP contribution in [0.25, 0.3) is 11.0 Å². The number of pyridine rings is 1. The molecule has 0 aromatic carbocycles. The molecule has 0 amide bonds. The van der Waals surface area contributed by atoms with Crippen LogP contribution in [0.2, 0.25) is 0 Å². The molecule has 0 spiro atoms. The minimum absolute atomic E-state index is 0.0473. The molecule has 26 heavy (non-hydrogen) atoms. The summed E-state index contributed by atoms with van der Waals surface area (Å²) in [7, 11) is 1.53. The van der Waals surface area contributed by atoms with Crippen molar-refractivity contribution in [2.45, 2.75) is 43.7 Å². The highest BCUT2D eigenvalue weighted by Gasteiger charge is 2.54. The van der Waals surface area contributed by atoms with Gasteiger partial charge in [0.25, 0.3) is 0 Å². The quantitative estimate of drug-likeness (QED) is 0.718. The van der Waals surface area contributed by atoms with E-state index < -0.39 is 5.60 Å². The lowest BCUT2D eigenvalue weighted by Crippen LogP contribution is -2.59. The van der Waals surface area contributed by atoms with Crippen LogP contribution in [0.5, 0.6) is 0 Å². The SMILES string of the molecule is COCC(=O)c1cnc2[nH]ccc2c1NC1[C@@H]2CC3C[C@H]1CC(O)(C3)C2. The normalized spacial score (nSPS) is 35.2. The van der Waals surface area contributed by atoms with Gasteiger partial charge in [0, 0.05) is 30.9 Å². The van der Waals surface area contributed by atoms with E-state index in [1.807, 2.05) is 12.3 Å². The van der Waals surface area contributed by atoms with Crippen molar-refractivity contribution >= 4 is 22.5 Å². The smallest absolute Gasteiger partial charge is 0.192 e. The van der Waals surface area contributed by atoms with Gasteiger partial charge in [-0.2, -0.15) is 0 Å². The number of aromatic amines is 1. The van der Waals surface area contributed by atoms with Gasteiger partial charge in [-0.1, -0.05) is 0 Å². The molecule has 3 unspecified atom stereocenters. The Bertz CT molecular complexity index is 845. The zero-order chi connectivity index (χ0) is 17.9. The fourth-order valence-corrected chi connectivity index (χ4v) is 5.97. The third-order valence-electron chi connectivity index (χ3n) is 6.71. The van der Waals surface area contributed by atoms with Crippen molar-refractivity contribution in [1.82, 2.24) is 9.97 Å².